The van der Waals surface area contributed by atoms with Crippen molar-refractivity contribution in [3.05, 3.63) is 0 Å². The Morgan fingerprint density at radius 3 is 1.71 bits per heavy atom. The maximum atomic E-state index is 6.15. The predicted molar refractivity (Wildman–Crippen MR) is 106 cm³/mol. The van der Waals surface area contributed by atoms with Crippen LogP contribution in [0.4, 0.5) is 0 Å². The molecule has 0 rings (SSSR count). The molecule has 0 aromatic rings. The van der Waals surface area contributed by atoms with Gasteiger partial charge in [-0.2, -0.15) is 0 Å². The highest BCUT2D eigenvalue weighted by atomic mass is 16.5. The summed E-state index contributed by atoms with van der Waals surface area (Å²) < 4.78 is 12.2. The van der Waals surface area contributed by atoms with Crippen molar-refractivity contribution in [1.29, 1.82) is 0 Å². The van der Waals surface area contributed by atoms with Gasteiger partial charge >= 0.3 is 0 Å². The smallest absolute Gasteiger partial charge is 0.0648 e. The van der Waals surface area contributed by atoms with Crippen molar-refractivity contribution in [2.75, 3.05) is 19.8 Å². The van der Waals surface area contributed by atoms with E-state index >= 15 is 0 Å². The van der Waals surface area contributed by atoms with Crippen molar-refractivity contribution in [2.45, 2.75) is 106 Å². The molecule has 146 valence electrons. The van der Waals surface area contributed by atoms with E-state index in [2.05, 4.69) is 81.5 Å². The van der Waals surface area contributed by atoms with E-state index in [4.69, 9.17) is 9.47 Å². The lowest BCUT2D eigenvalue weighted by Gasteiger charge is -2.34. The summed E-state index contributed by atoms with van der Waals surface area (Å²) in [5.41, 5.74) is 0.118. The zero-order valence-corrected chi connectivity index (χ0v) is 18.4. The van der Waals surface area contributed by atoms with E-state index in [9.17, 15) is 0 Å². The van der Waals surface area contributed by atoms with E-state index in [1.54, 1.807) is 0 Å². The molecule has 0 aliphatic heterocycles. The summed E-state index contributed by atoms with van der Waals surface area (Å²) in [5.74, 6) is 0.613. The molecule has 0 fully saturated rings. The van der Waals surface area contributed by atoms with Gasteiger partial charge in [0.15, 0.2) is 0 Å². The molecule has 0 saturated carbocycles. The lowest BCUT2D eigenvalue weighted by Crippen LogP contribution is -2.46. The van der Waals surface area contributed by atoms with Crippen molar-refractivity contribution in [3.8, 4) is 0 Å². The van der Waals surface area contributed by atoms with Crippen molar-refractivity contribution >= 4 is 0 Å². The number of rotatable bonds is 11. The highest BCUT2D eigenvalue weighted by molar-refractivity contribution is 4.82. The van der Waals surface area contributed by atoms with Crippen molar-refractivity contribution in [3.63, 3.8) is 0 Å². The number of nitrogens with one attached hydrogen (secondary N) is 1. The van der Waals surface area contributed by atoms with Crippen LogP contribution in [0.5, 0.6) is 0 Å². The van der Waals surface area contributed by atoms with E-state index in [1.807, 2.05) is 0 Å². The standard InChI is InChI=1S/C21H45NO2/c1-17(2)21(10,11)22-14-12-19(6,7)23-15-13-20(8,9)24-16-18(3,4)5/h17,22H,12-16H2,1-11H3. The fourth-order valence-electron chi connectivity index (χ4n) is 2.02. The molecule has 0 heterocycles. The molecule has 0 aliphatic carbocycles. The van der Waals surface area contributed by atoms with Crippen molar-refractivity contribution in [2.24, 2.45) is 11.3 Å². The molecule has 0 unspecified atom stereocenters. The molecule has 0 aliphatic rings. The maximum Gasteiger partial charge on any atom is 0.0648 e. The van der Waals surface area contributed by atoms with Crippen LogP contribution in [-0.2, 0) is 9.47 Å². The Hall–Kier alpha value is -0.120. The van der Waals surface area contributed by atoms with E-state index < -0.39 is 0 Å². The molecule has 0 bridgehead atoms. The van der Waals surface area contributed by atoms with Gasteiger partial charge in [0.2, 0.25) is 0 Å². The summed E-state index contributed by atoms with van der Waals surface area (Å²) >= 11 is 0. The first-order valence-electron chi connectivity index (χ1n) is 9.59. The minimum atomic E-state index is -0.138. The fourth-order valence-corrected chi connectivity index (χ4v) is 2.02. The summed E-state index contributed by atoms with van der Waals surface area (Å²) in [5, 5.41) is 3.65. The van der Waals surface area contributed by atoms with Gasteiger partial charge in [-0.15, -0.1) is 0 Å². The average molecular weight is 344 g/mol. The lowest BCUT2D eigenvalue weighted by atomic mass is 9.90. The maximum absolute atomic E-state index is 6.15. The van der Waals surface area contributed by atoms with Crippen LogP contribution in [0.15, 0.2) is 0 Å². The first-order valence-corrected chi connectivity index (χ1v) is 9.59. The normalized spacial score (nSPS) is 14.5. The second kappa shape index (κ2) is 9.00. The van der Waals surface area contributed by atoms with Gasteiger partial charge in [0.05, 0.1) is 24.4 Å². The Kier molecular flexibility index (Phi) is 8.96. The first-order chi connectivity index (χ1) is 10.6. The number of ether oxygens (including phenoxy) is 2. The molecule has 0 radical (unpaired) electrons. The largest absolute Gasteiger partial charge is 0.375 e. The molecule has 0 amide bonds. The third-order valence-electron chi connectivity index (χ3n) is 4.84. The average Bonchev–Trinajstić information content (AvgIpc) is 2.34. The molecule has 0 aromatic carbocycles. The van der Waals surface area contributed by atoms with E-state index in [0.717, 1.165) is 32.6 Å². The molecule has 0 aromatic heterocycles. The minimum Gasteiger partial charge on any atom is -0.375 e. The predicted octanol–water partition coefficient (Wildman–Crippen LogP) is 5.43. The Labute approximate surface area is 152 Å². The summed E-state index contributed by atoms with van der Waals surface area (Å²) in [6.45, 7) is 26.8. The van der Waals surface area contributed by atoms with E-state index in [0.29, 0.717) is 5.92 Å². The molecular formula is C21H45NO2. The topological polar surface area (TPSA) is 30.5 Å². The van der Waals surface area contributed by atoms with Crippen LogP contribution in [0.2, 0.25) is 0 Å². The number of hydrogen-bond donors (Lipinski definition) is 1. The van der Waals surface area contributed by atoms with Crippen LogP contribution in [0.3, 0.4) is 0 Å². The molecule has 3 heteroatoms. The number of hydrogen-bond acceptors (Lipinski definition) is 3. The zero-order chi connectivity index (χ0) is 19.2. The minimum absolute atomic E-state index is 0.111. The summed E-state index contributed by atoms with van der Waals surface area (Å²) in [7, 11) is 0. The van der Waals surface area contributed by atoms with E-state index in [1.165, 1.54) is 0 Å². The third-order valence-corrected chi connectivity index (χ3v) is 4.84. The van der Waals surface area contributed by atoms with Crippen LogP contribution < -0.4 is 5.32 Å². The quantitative estimate of drug-likeness (QED) is 0.543. The van der Waals surface area contributed by atoms with Crippen LogP contribution in [0.1, 0.15) is 89.0 Å². The summed E-state index contributed by atoms with van der Waals surface area (Å²) in [6, 6.07) is 0. The summed E-state index contributed by atoms with van der Waals surface area (Å²) in [4.78, 5) is 0. The lowest BCUT2D eigenvalue weighted by molar-refractivity contribution is -0.0891. The SMILES string of the molecule is CC(C)C(C)(C)NCCC(C)(C)OCCC(C)(C)OCC(C)(C)C. The Morgan fingerprint density at radius 2 is 1.25 bits per heavy atom. The van der Waals surface area contributed by atoms with Gasteiger partial charge in [-0.3, -0.25) is 0 Å². The molecule has 0 atom stereocenters. The van der Waals surface area contributed by atoms with Gasteiger partial charge in [0.25, 0.3) is 0 Å². The van der Waals surface area contributed by atoms with Gasteiger partial charge in [0, 0.05) is 5.54 Å². The van der Waals surface area contributed by atoms with Gasteiger partial charge in [-0.1, -0.05) is 34.6 Å². The van der Waals surface area contributed by atoms with Gasteiger partial charge < -0.3 is 14.8 Å². The van der Waals surface area contributed by atoms with Gasteiger partial charge in [-0.05, 0) is 72.3 Å². The zero-order valence-electron chi connectivity index (χ0n) is 18.4. The van der Waals surface area contributed by atoms with Crippen LogP contribution in [0, 0.1) is 11.3 Å². The first kappa shape index (κ1) is 23.9. The Balaban J connectivity index is 4.15. The van der Waals surface area contributed by atoms with Crippen LogP contribution >= 0.6 is 0 Å². The molecule has 0 saturated heterocycles. The third kappa shape index (κ3) is 11.4. The molecule has 3 nitrogen and oxygen atoms in total. The highest BCUT2D eigenvalue weighted by Gasteiger charge is 2.26. The fraction of sp³-hybridized carbons (Fsp3) is 1.00. The van der Waals surface area contributed by atoms with Crippen molar-refractivity contribution in [1.82, 2.24) is 5.32 Å². The monoisotopic (exact) mass is 343 g/mol. The van der Waals surface area contributed by atoms with Gasteiger partial charge in [0.1, 0.15) is 0 Å². The van der Waals surface area contributed by atoms with Crippen LogP contribution in [0.25, 0.3) is 0 Å². The van der Waals surface area contributed by atoms with Gasteiger partial charge in [-0.25, -0.2) is 0 Å². The highest BCUT2D eigenvalue weighted by Crippen LogP contribution is 2.23. The molecule has 0 spiro atoms. The molecular weight excluding hydrogens is 298 g/mol. The Bertz CT molecular complexity index is 351. The Morgan fingerprint density at radius 1 is 0.750 bits per heavy atom. The molecule has 24 heavy (non-hydrogen) atoms. The van der Waals surface area contributed by atoms with Crippen molar-refractivity contribution < 1.29 is 9.47 Å². The summed E-state index contributed by atoms with van der Waals surface area (Å²) in [6.07, 6.45) is 1.92. The van der Waals surface area contributed by atoms with E-state index in [-0.39, 0.29) is 22.2 Å². The second-order valence-corrected chi connectivity index (χ2v) is 10.5. The second-order valence-electron chi connectivity index (χ2n) is 10.5. The molecule has 1 N–H and O–H groups in total. The van der Waals surface area contributed by atoms with Crippen LogP contribution in [-0.4, -0.2) is 36.5 Å².